The van der Waals surface area contributed by atoms with Crippen LogP contribution in [0, 0.1) is 0 Å². The van der Waals surface area contributed by atoms with Crippen LogP contribution in [-0.2, 0) is 11.3 Å². The van der Waals surface area contributed by atoms with Gasteiger partial charge in [-0.05, 0) is 36.4 Å². The van der Waals surface area contributed by atoms with Gasteiger partial charge in [0.25, 0.3) is 5.91 Å². The van der Waals surface area contributed by atoms with Gasteiger partial charge in [-0.25, -0.2) is 0 Å². The molecule has 1 aromatic carbocycles. The number of thioether (sulfide) groups is 1. The van der Waals surface area contributed by atoms with E-state index in [4.69, 9.17) is 4.42 Å². The summed E-state index contributed by atoms with van der Waals surface area (Å²) in [5.41, 5.74) is 1.75. The van der Waals surface area contributed by atoms with Gasteiger partial charge in [0.15, 0.2) is 0 Å². The Morgan fingerprint density at radius 3 is 2.54 bits per heavy atom. The molecule has 7 heteroatoms. The Morgan fingerprint density at radius 1 is 1.14 bits per heavy atom. The van der Waals surface area contributed by atoms with E-state index in [-0.39, 0.29) is 17.2 Å². The first kappa shape index (κ1) is 19.1. The zero-order valence-electron chi connectivity index (χ0n) is 16.0. The van der Waals surface area contributed by atoms with Gasteiger partial charge in [0, 0.05) is 31.7 Å². The van der Waals surface area contributed by atoms with Gasteiger partial charge < -0.3 is 19.1 Å². The van der Waals surface area contributed by atoms with Crippen LogP contribution in [0.4, 0.5) is 0 Å². The summed E-state index contributed by atoms with van der Waals surface area (Å²) < 4.78 is 5.40. The first-order valence-electron chi connectivity index (χ1n) is 9.70. The van der Waals surface area contributed by atoms with Crippen LogP contribution in [0.15, 0.2) is 47.1 Å². The fourth-order valence-corrected chi connectivity index (χ4v) is 4.90. The number of amides is 2. The number of furan rings is 1. The van der Waals surface area contributed by atoms with Crippen molar-refractivity contribution >= 4 is 23.6 Å². The lowest BCUT2D eigenvalue weighted by Crippen LogP contribution is -2.48. The van der Waals surface area contributed by atoms with Crippen molar-refractivity contribution in [3.63, 3.8) is 0 Å². The van der Waals surface area contributed by atoms with Crippen LogP contribution < -0.4 is 0 Å². The second-order valence-electron chi connectivity index (χ2n) is 7.11. The topological polar surface area (TPSA) is 57.0 Å². The van der Waals surface area contributed by atoms with Gasteiger partial charge in [-0.3, -0.25) is 9.59 Å². The summed E-state index contributed by atoms with van der Waals surface area (Å²) in [6.07, 6.45) is 1.62. The molecule has 2 amide bonds. The number of likely N-dealkylation sites (N-methyl/N-ethyl adjacent to an activating group) is 1. The zero-order chi connectivity index (χ0) is 19.5. The fraction of sp³-hybridized carbons (Fsp3) is 0.429. The highest BCUT2D eigenvalue weighted by Gasteiger charge is 2.33. The molecule has 2 fully saturated rings. The van der Waals surface area contributed by atoms with Crippen LogP contribution in [0.5, 0.6) is 0 Å². The molecule has 148 valence electrons. The van der Waals surface area contributed by atoms with Gasteiger partial charge in [-0.1, -0.05) is 19.1 Å². The normalized spacial score (nSPS) is 20.8. The number of rotatable bonds is 5. The molecule has 28 heavy (non-hydrogen) atoms. The summed E-state index contributed by atoms with van der Waals surface area (Å²) in [5.74, 6) is 1.44. The van der Waals surface area contributed by atoms with Gasteiger partial charge >= 0.3 is 0 Å². The predicted octanol–water partition coefficient (Wildman–Crippen LogP) is 2.83. The maximum atomic E-state index is 12.8. The molecule has 2 aliphatic rings. The van der Waals surface area contributed by atoms with E-state index < -0.39 is 0 Å². The molecule has 0 spiro atoms. The highest BCUT2D eigenvalue weighted by molar-refractivity contribution is 8.00. The number of piperazine rings is 1. The molecule has 0 saturated carbocycles. The third-order valence-corrected chi connectivity index (χ3v) is 6.68. The Kier molecular flexibility index (Phi) is 5.73. The van der Waals surface area contributed by atoms with Crippen molar-refractivity contribution in [2.75, 3.05) is 38.5 Å². The monoisotopic (exact) mass is 399 g/mol. The van der Waals surface area contributed by atoms with Gasteiger partial charge in [-0.15, -0.1) is 11.8 Å². The molecule has 2 saturated heterocycles. The Hall–Kier alpha value is -2.25. The summed E-state index contributed by atoms with van der Waals surface area (Å²) in [6, 6.07) is 11.4. The maximum absolute atomic E-state index is 12.8. The number of carbonyl (C=O) groups is 2. The molecule has 0 N–H and O–H groups in total. The summed E-state index contributed by atoms with van der Waals surface area (Å²) in [6.45, 7) is 7.06. The highest BCUT2D eigenvalue weighted by atomic mass is 32.2. The van der Waals surface area contributed by atoms with Gasteiger partial charge in [-0.2, -0.15) is 0 Å². The second-order valence-corrected chi connectivity index (χ2v) is 8.18. The number of nitrogens with zero attached hydrogens (tertiary/aromatic N) is 3. The van der Waals surface area contributed by atoms with E-state index in [1.165, 1.54) is 0 Å². The number of carbonyl (C=O) groups excluding carboxylic acids is 2. The van der Waals surface area contributed by atoms with E-state index in [0.717, 1.165) is 44.0 Å². The Balaban J connectivity index is 1.43. The minimum absolute atomic E-state index is 0.0464. The van der Waals surface area contributed by atoms with E-state index >= 15 is 0 Å². The molecule has 0 aliphatic carbocycles. The Morgan fingerprint density at radius 2 is 1.89 bits per heavy atom. The van der Waals surface area contributed by atoms with E-state index in [2.05, 4.69) is 11.8 Å². The summed E-state index contributed by atoms with van der Waals surface area (Å²) in [4.78, 5) is 31.2. The minimum Gasteiger partial charge on any atom is -0.467 e. The third-order valence-electron chi connectivity index (χ3n) is 5.42. The molecule has 6 nitrogen and oxygen atoms in total. The SMILES string of the molecule is CCN1CCN(C(=O)c2ccc([C@H]3SCC(=O)N3Cc3ccco3)cc2)CC1. The van der Waals surface area contributed by atoms with E-state index in [1.54, 1.807) is 18.0 Å². The third kappa shape index (κ3) is 3.95. The average Bonchev–Trinajstić information content (AvgIpc) is 3.38. The van der Waals surface area contributed by atoms with Gasteiger partial charge in [0.2, 0.25) is 5.91 Å². The molecule has 2 aromatic rings. The van der Waals surface area contributed by atoms with Crippen molar-refractivity contribution in [2.45, 2.75) is 18.8 Å². The summed E-state index contributed by atoms with van der Waals surface area (Å²) in [5, 5.41) is -0.0464. The van der Waals surface area contributed by atoms with E-state index in [1.807, 2.05) is 46.2 Å². The van der Waals surface area contributed by atoms with Crippen LogP contribution in [0.2, 0.25) is 0 Å². The Bertz CT molecular complexity index is 814. The average molecular weight is 400 g/mol. The van der Waals surface area contributed by atoms with Crippen molar-refractivity contribution in [3.05, 3.63) is 59.5 Å². The predicted molar refractivity (Wildman–Crippen MR) is 109 cm³/mol. The van der Waals surface area contributed by atoms with Gasteiger partial charge in [0.05, 0.1) is 18.6 Å². The molecule has 2 aliphatic heterocycles. The molecule has 1 aromatic heterocycles. The fourth-order valence-electron chi connectivity index (χ4n) is 3.71. The van der Waals surface area contributed by atoms with E-state index in [0.29, 0.717) is 17.9 Å². The molecular formula is C21H25N3O3S. The van der Waals surface area contributed by atoms with Crippen LogP contribution in [0.1, 0.15) is 34.0 Å². The minimum atomic E-state index is -0.0464. The lowest BCUT2D eigenvalue weighted by Gasteiger charge is -2.34. The molecule has 0 bridgehead atoms. The zero-order valence-corrected chi connectivity index (χ0v) is 16.9. The molecule has 0 radical (unpaired) electrons. The van der Waals surface area contributed by atoms with Crippen molar-refractivity contribution in [1.82, 2.24) is 14.7 Å². The maximum Gasteiger partial charge on any atom is 0.253 e. The standard InChI is InChI=1S/C21H25N3O3S/c1-2-22-9-11-23(12-10-22)20(26)16-5-7-17(8-6-16)21-24(19(25)15-28-21)14-18-4-3-13-27-18/h3-8,13,21H,2,9-12,14-15H2,1H3/t21-/m1/s1. The van der Waals surface area contributed by atoms with Crippen molar-refractivity contribution in [1.29, 1.82) is 0 Å². The van der Waals surface area contributed by atoms with Crippen molar-refractivity contribution in [3.8, 4) is 0 Å². The van der Waals surface area contributed by atoms with Crippen molar-refractivity contribution in [2.24, 2.45) is 0 Å². The second kappa shape index (κ2) is 8.41. The first-order chi connectivity index (χ1) is 13.7. The number of benzene rings is 1. The van der Waals surface area contributed by atoms with Gasteiger partial charge in [0.1, 0.15) is 11.1 Å². The molecular weight excluding hydrogens is 374 g/mol. The number of hydrogen-bond acceptors (Lipinski definition) is 5. The van der Waals surface area contributed by atoms with E-state index in [9.17, 15) is 9.59 Å². The summed E-state index contributed by atoms with van der Waals surface area (Å²) in [7, 11) is 0. The molecule has 1 atom stereocenters. The molecule has 3 heterocycles. The lowest BCUT2D eigenvalue weighted by molar-refractivity contribution is -0.128. The van der Waals surface area contributed by atoms with Crippen LogP contribution in [0.3, 0.4) is 0 Å². The smallest absolute Gasteiger partial charge is 0.253 e. The quantitative estimate of drug-likeness (QED) is 0.774. The largest absolute Gasteiger partial charge is 0.467 e. The lowest BCUT2D eigenvalue weighted by atomic mass is 10.1. The first-order valence-corrected chi connectivity index (χ1v) is 10.8. The van der Waals surface area contributed by atoms with Crippen LogP contribution in [-0.4, -0.2) is 65.0 Å². The summed E-state index contributed by atoms with van der Waals surface area (Å²) >= 11 is 1.61. The van der Waals surface area contributed by atoms with Crippen LogP contribution in [0.25, 0.3) is 0 Å². The Labute approximate surface area is 169 Å². The molecule has 0 unspecified atom stereocenters. The van der Waals surface area contributed by atoms with Crippen LogP contribution >= 0.6 is 11.8 Å². The van der Waals surface area contributed by atoms with Crippen molar-refractivity contribution < 1.29 is 14.0 Å². The number of hydrogen-bond donors (Lipinski definition) is 0. The highest BCUT2D eigenvalue weighted by Crippen LogP contribution is 2.39. The molecule has 4 rings (SSSR count).